The van der Waals surface area contributed by atoms with E-state index in [0.717, 1.165) is 10.2 Å². The lowest BCUT2D eigenvalue weighted by molar-refractivity contribution is 0.330. The van der Waals surface area contributed by atoms with E-state index in [1.54, 1.807) is 0 Å². The van der Waals surface area contributed by atoms with Crippen LogP contribution in [-0.4, -0.2) is 5.16 Å². The zero-order valence-corrected chi connectivity index (χ0v) is 10.4. The molecule has 0 spiro atoms. The predicted molar refractivity (Wildman–Crippen MR) is 63.7 cm³/mol. The lowest BCUT2D eigenvalue weighted by Gasteiger charge is -2.17. The van der Waals surface area contributed by atoms with Crippen LogP contribution in [0.4, 0.5) is 5.82 Å². The van der Waals surface area contributed by atoms with Gasteiger partial charge in [0.15, 0.2) is 11.6 Å². The number of hydrogen-bond donors (Lipinski definition) is 1. The average Bonchev–Trinajstić information content (AvgIpc) is 2.48. The topological polar surface area (TPSA) is 52.0 Å². The molecule has 0 radical (unpaired) electrons. The van der Waals surface area contributed by atoms with Crippen molar-refractivity contribution < 1.29 is 4.52 Å². The normalized spacial score (nSPS) is 19.8. The van der Waals surface area contributed by atoms with Crippen molar-refractivity contribution in [3.05, 3.63) is 10.2 Å². The van der Waals surface area contributed by atoms with Gasteiger partial charge < -0.3 is 10.3 Å². The SMILES string of the molecule is Nc1noc(C2CCCCCCC2)c1Br. The molecule has 0 unspecified atom stereocenters. The van der Waals surface area contributed by atoms with Gasteiger partial charge in [-0.25, -0.2) is 0 Å². The molecule has 1 aliphatic rings. The van der Waals surface area contributed by atoms with E-state index in [4.69, 9.17) is 10.3 Å². The van der Waals surface area contributed by atoms with Crippen LogP contribution in [0.1, 0.15) is 56.6 Å². The van der Waals surface area contributed by atoms with E-state index in [1.165, 1.54) is 44.9 Å². The van der Waals surface area contributed by atoms with Crippen LogP contribution in [0.25, 0.3) is 0 Å². The Morgan fingerprint density at radius 3 is 2.27 bits per heavy atom. The Bertz CT molecular complexity index is 316. The number of aromatic nitrogens is 1. The zero-order valence-electron chi connectivity index (χ0n) is 8.84. The zero-order chi connectivity index (χ0) is 10.7. The van der Waals surface area contributed by atoms with Crippen LogP contribution in [0.2, 0.25) is 0 Å². The Hall–Kier alpha value is -0.510. The van der Waals surface area contributed by atoms with Gasteiger partial charge in [-0.05, 0) is 28.8 Å². The minimum Gasteiger partial charge on any atom is -0.380 e. The Labute approximate surface area is 98.5 Å². The summed E-state index contributed by atoms with van der Waals surface area (Å²) < 4.78 is 6.18. The predicted octanol–water partition coefficient (Wildman–Crippen LogP) is 3.85. The summed E-state index contributed by atoms with van der Waals surface area (Å²) in [5.74, 6) is 1.94. The fraction of sp³-hybridized carbons (Fsp3) is 0.727. The molecule has 1 aromatic heterocycles. The quantitative estimate of drug-likeness (QED) is 0.845. The van der Waals surface area contributed by atoms with E-state index >= 15 is 0 Å². The maximum absolute atomic E-state index is 5.67. The summed E-state index contributed by atoms with van der Waals surface area (Å²) in [5.41, 5.74) is 5.67. The van der Waals surface area contributed by atoms with E-state index in [2.05, 4.69) is 21.1 Å². The summed E-state index contributed by atoms with van der Waals surface area (Å²) >= 11 is 3.45. The third-order valence-electron chi connectivity index (χ3n) is 3.16. The maximum atomic E-state index is 5.67. The monoisotopic (exact) mass is 272 g/mol. The van der Waals surface area contributed by atoms with Crippen molar-refractivity contribution in [1.29, 1.82) is 0 Å². The van der Waals surface area contributed by atoms with Crippen molar-refractivity contribution in [3.8, 4) is 0 Å². The van der Waals surface area contributed by atoms with Crippen LogP contribution in [0.3, 0.4) is 0 Å². The molecule has 2 rings (SSSR count). The smallest absolute Gasteiger partial charge is 0.181 e. The highest BCUT2D eigenvalue weighted by Crippen LogP contribution is 2.37. The van der Waals surface area contributed by atoms with Crippen molar-refractivity contribution in [2.24, 2.45) is 0 Å². The van der Waals surface area contributed by atoms with E-state index < -0.39 is 0 Å². The van der Waals surface area contributed by atoms with Gasteiger partial charge in [0.25, 0.3) is 0 Å². The first-order chi connectivity index (χ1) is 7.29. The summed E-state index contributed by atoms with van der Waals surface area (Å²) in [5, 5.41) is 3.80. The van der Waals surface area contributed by atoms with Crippen LogP contribution in [0, 0.1) is 0 Å². The first-order valence-corrected chi connectivity index (χ1v) is 6.49. The molecule has 4 heteroatoms. The van der Waals surface area contributed by atoms with Crippen molar-refractivity contribution in [2.75, 3.05) is 5.73 Å². The fourth-order valence-corrected chi connectivity index (χ4v) is 2.75. The van der Waals surface area contributed by atoms with Crippen LogP contribution >= 0.6 is 15.9 Å². The summed E-state index contributed by atoms with van der Waals surface area (Å²) in [6.07, 6.45) is 9.05. The number of nitrogens with zero attached hydrogens (tertiary/aromatic N) is 1. The van der Waals surface area contributed by atoms with Gasteiger partial charge in [-0.2, -0.15) is 0 Å². The first-order valence-electron chi connectivity index (χ1n) is 5.69. The molecule has 84 valence electrons. The summed E-state index contributed by atoms with van der Waals surface area (Å²) in [4.78, 5) is 0. The second-order valence-corrected chi connectivity index (χ2v) is 5.08. The van der Waals surface area contributed by atoms with Gasteiger partial charge in [-0.1, -0.05) is 37.3 Å². The molecule has 0 aliphatic heterocycles. The molecule has 0 aromatic carbocycles. The van der Waals surface area contributed by atoms with Crippen molar-refractivity contribution >= 4 is 21.7 Å². The highest BCUT2D eigenvalue weighted by molar-refractivity contribution is 9.10. The lowest BCUT2D eigenvalue weighted by Crippen LogP contribution is -2.02. The minimum atomic E-state index is 0.479. The lowest BCUT2D eigenvalue weighted by atomic mass is 9.89. The van der Waals surface area contributed by atoms with Crippen molar-refractivity contribution in [1.82, 2.24) is 5.16 Å². The van der Waals surface area contributed by atoms with E-state index in [1.807, 2.05) is 0 Å². The van der Waals surface area contributed by atoms with Gasteiger partial charge in [0, 0.05) is 5.92 Å². The Balaban J connectivity index is 2.10. The summed E-state index contributed by atoms with van der Waals surface area (Å²) in [7, 11) is 0. The van der Waals surface area contributed by atoms with Gasteiger partial charge >= 0.3 is 0 Å². The van der Waals surface area contributed by atoms with Crippen molar-refractivity contribution in [2.45, 2.75) is 50.9 Å². The highest BCUT2D eigenvalue weighted by Gasteiger charge is 2.22. The Morgan fingerprint density at radius 1 is 1.13 bits per heavy atom. The highest BCUT2D eigenvalue weighted by atomic mass is 79.9. The molecule has 0 saturated heterocycles. The Kier molecular flexibility index (Phi) is 3.67. The summed E-state index contributed by atoms with van der Waals surface area (Å²) in [6, 6.07) is 0. The standard InChI is InChI=1S/C11H17BrN2O/c12-9-10(15-14-11(9)13)8-6-4-2-1-3-5-7-8/h8H,1-7H2,(H2,13,14). The van der Waals surface area contributed by atoms with E-state index in [9.17, 15) is 0 Å². The second-order valence-electron chi connectivity index (χ2n) is 4.29. The molecule has 3 nitrogen and oxygen atoms in total. The van der Waals surface area contributed by atoms with Gasteiger partial charge in [0.05, 0.1) is 0 Å². The molecule has 1 saturated carbocycles. The van der Waals surface area contributed by atoms with Crippen LogP contribution < -0.4 is 5.73 Å². The number of anilines is 1. The van der Waals surface area contributed by atoms with E-state index in [0.29, 0.717) is 11.7 Å². The third kappa shape index (κ3) is 2.54. The second kappa shape index (κ2) is 5.01. The molecule has 1 aliphatic carbocycles. The maximum Gasteiger partial charge on any atom is 0.181 e. The molecule has 1 aromatic rings. The number of nitrogen functional groups attached to an aromatic ring is 1. The minimum absolute atomic E-state index is 0.479. The van der Waals surface area contributed by atoms with E-state index in [-0.39, 0.29) is 0 Å². The summed E-state index contributed by atoms with van der Waals surface area (Å²) in [6.45, 7) is 0. The van der Waals surface area contributed by atoms with Gasteiger partial charge in [-0.15, -0.1) is 0 Å². The molecule has 15 heavy (non-hydrogen) atoms. The molecule has 0 bridgehead atoms. The number of hydrogen-bond acceptors (Lipinski definition) is 3. The number of halogens is 1. The number of rotatable bonds is 1. The first kappa shape index (κ1) is 11.0. The molecule has 0 atom stereocenters. The third-order valence-corrected chi connectivity index (χ3v) is 3.96. The Morgan fingerprint density at radius 2 is 1.73 bits per heavy atom. The molecular weight excluding hydrogens is 256 g/mol. The number of nitrogens with two attached hydrogens (primary N) is 1. The average molecular weight is 273 g/mol. The molecule has 1 heterocycles. The van der Waals surface area contributed by atoms with Gasteiger partial charge in [0.1, 0.15) is 4.47 Å². The molecule has 2 N–H and O–H groups in total. The van der Waals surface area contributed by atoms with Crippen molar-refractivity contribution in [3.63, 3.8) is 0 Å². The van der Waals surface area contributed by atoms with Crippen LogP contribution in [-0.2, 0) is 0 Å². The van der Waals surface area contributed by atoms with Gasteiger partial charge in [0.2, 0.25) is 0 Å². The van der Waals surface area contributed by atoms with Crippen LogP contribution in [0.5, 0.6) is 0 Å². The fourth-order valence-electron chi connectivity index (χ4n) is 2.28. The van der Waals surface area contributed by atoms with Crippen LogP contribution in [0.15, 0.2) is 9.00 Å². The van der Waals surface area contributed by atoms with Gasteiger partial charge in [-0.3, -0.25) is 0 Å². The molecular formula is C11H17BrN2O. The largest absolute Gasteiger partial charge is 0.380 e. The molecule has 1 fully saturated rings. The molecule has 0 amide bonds.